The summed E-state index contributed by atoms with van der Waals surface area (Å²) in [7, 11) is -3.58. The summed E-state index contributed by atoms with van der Waals surface area (Å²) < 4.78 is 32.0. The summed E-state index contributed by atoms with van der Waals surface area (Å²) in [6.07, 6.45) is 1.38. The minimum Gasteiger partial charge on any atom is -0.379 e. The molecule has 2 fully saturated rings. The first-order valence-electron chi connectivity index (χ1n) is 9.59. The summed E-state index contributed by atoms with van der Waals surface area (Å²) >= 11 is 0. The molecule has 0 radical (unpaired) electrons. The second kappa shape index (κ2) is 8.50. The zero-order valence-electron chi connectivity index (χ0n) is 16.2. The second-order valence-electron chi connectivity index (χ2n) is 6.95. The number of ether oxygens (including phenoxy) is 1. The number of pyridine rings is 1. The summed E-state index contributed by atoms with van der Waals surface area (Å²) in [5.74, 6) is 0.413. The molecule has 2 saturated heterocycles. The molecular weight excluding hydrogens is 412 g/mol. The quantitative estimate of drug-likeness (QED) is 0.659. The first-order chi connectivity index (χ1) is 14.4. The minimum absolute atomic E-state index is 0.158. The molecule has 12 heteroatoms. The van der Waals surface area contributed by atoms with Crippen LogP contribution in [-0.4, -0.2) is 91.2 Å². The van der Waals surface area contributed by atoms with Crippen LogP contribution in [0, 0.1) is 0 Å². The minimum atomic E-state index is -3.58. The molecule has 4 rings (SSSR count). The van der Waals surface area contributed by atoms with Crippen LogP contribution in [0.2, 0.25) is 0 Å². The summed E-state index contributed by atoms with van der Waals surface area (Å²) in [5, 5.41) is 6.04. The average molecular weight is 434 g/mol. The number of aromatic nitrogens is 3. The number of nitrogens with zero attached hydrogens (tertiary/aromatic N) is 5. The highest BCUT2D eigenvalue weighted by Crippen LogP contribution is 2.20. The molecular formula is C18H22N6O5S. The third kappa shape index (κ3) is 4.20. The first kappa shape index (κ1) is 20.4. The number of nitrogens with one attached hydrogen (secondary N) is 1. The Bertz CT molecular complexity index is 1040. The van der Waals surface area contributed by atoms with E-state index in [-0.39, 0.29) is 22.1 Å². The molecule has 11 nitrogen and oxygen atoms in total. The second-order valence-corrected chi connectivity index (χ2v) is 8.89. The maximum Gasteiger partial charge on any atom is 0.274 e. The number of carbonyl (C=O) groups excluding carboxylic acids is 1. The van der Waals surface area contributed by atoms with Gasteiger partial charge in [0.25, 0.3) is 11.5 Å². The van der Waals surface area contributed by atoms with Crippen LogP contribution < -0.4 is 10.5 Å². The summed E-state index contributed by atoms with van der Waals surface area (Å²) in [6, 6.07) is 5.93. The molecule has 0 bridgehead atoms. The lowest BCUT2D eigenvalue weighted by molar-refractivity contribution is 0.0730. The van der Waals surface area contributed by atoms with E-state index in [0.717, 1.165) is 0 Å². The number of aromatic amines is 1. The Kier molecular flexibility index (Phi) is 5.79. The van der Waals surface area contributed by atoms with Crippen molar-refractivity contribution >= 4 is 21.7 Å². The Morgan fingerprint density at radius 3 is 2.33 bits per heavy atom. The third-order valence-electron chi connectivity index (χ3n) is 5.12. The Morgan fingerprint density at radius 2 is 1.73 bits per heavy atom. The van der Waals surface area contributed by atoms with Gasteiger partial charge in [0, 0.05) is 51.5 Å². The number of morpholine rings is 1. The van der Waals surface area contributed by atoms with Gasteiger partial charge < -0.3 is 14.5 Å². The topological polar surface area (TPSA) is 129 Å². The van der Waals surface area contributed by atoms with Crippen molar-refractivity contribution in [3.63, 3.8) is 0 Å². The number of carbonyl (C=O) groups is 1. The van der Waals surface area contributed by atoms with Crippen molar-refractivity contribution in [2.24, 2.45) is 0 Å². The van der Waals surface area contributed by atoms with Gasteiger partial charge >= 0.3 is 0 Å². The maximum absolute atomic E-state index is 12.7. The van der Waals surface area contributed by atoms with Crippen molar-refractivity contribution in [2.45, 2.75) is 4.90 Å². The van der Waals surface area contributed by atoms with E-state index in [0.29, 0.717) is 58.3 Å². The predicted molar refractivity (Wildman–Crippen MR) is 107 cm³/mol. The van der Waals surface area contributed by atoms with Crippen molar-refractivity contribution in [1.82, 2.24) is 24.4 Å². The van der Waals surface area contributed by atoms with E-state index in [1.54, 1.807) is 17.0 Å². The monoisotopic (exact) mass is 434 g/mol. The zero-order chi connectivity index (χ0) is 21.1. The number of hydrogen-bond donors (Lipinski definition) is 1. The fraction of sp³-hybridized carbons (Fsp3) is 0.444. The van der Waals surface area contributed by atoms with E-state index in [9.17, 15) is 18.0 Å². The molecule has 1 amide bonds. The Hall–Kier alpha value is -2.83. The van der Waals surface area contributed by atoms with E-state index >= 15 is 0 Å². The van der Waals surface area contributed by atoms with Gasteiger partial charge in [0.2, 0.25) is 10.0 Å². The highest BCUT2D eigenvalue weighted by molar-refractivity contribution is 7.89. The summed E-state index contributed by atoms with van der Waals surface area (Å²) in [6.45, 7) is 3.50. The molecule has 4 heterocycles. The van der Waals surface area contributed by atoms with Crippen molar-refractivity contribution < 1.29 is 17.9 Å². The lowest BCUT2D eigenvalue weighted by Crippen LogP contribution is -2.49. The van der Waals surface area contributed by atoms with Gasteiger partial charge in [-0.05, 0) is 18.2 Å². The van der Waals surface area contributed by atoms with Crippen LogP contribution in [0.1, 0.15) is 10.5 Å². The van der Waals surface area contributed by atoms with E-state index < -0.39 is 10.0 Å². The van der Waals surface area contributed by atoms with Gasteiger partial charge in [-0.1, -0.05) is 0 Å². The summed E-state index contributed by atoms with van der Waals surface area (Å²) in [5.41, 5.74) is -0.166. The van der Waals surface area contributed by atoms with Crippen LogP contribution in [0.4, 0.5) is 5.82 Å². The van der Waals surface area contributed by atoms with Crippen LogP contribution in [0.25, 0.3) is 0 Å². The van der Waals surface area contributed by atoms with Gasteiger partial charge in [-0.3, -0.25) is 9.59 Å². The summed E-state index contributed by atoms with van der Waals surface area (Å²) in [4.78, 5) is 31.7. The van der Waals surface area contributed by atoms with Gasteiger partial charge in [0.15, 0.2) is 0 Å². The fourth-order valence-corrected chi connectivity index (χ4v) is 4.77. The highest BCUT2D eigenvalue weighted by atomic mass is 32.2. The van der Waals surface area contributed by atoms with Crippen molar-refractivity contribution in [2.75, 3.05) is 57.4 Å². The van der Waals surface area contributed by atoms with Crippen LogP contribution >= 0.6 is 0 Å². The number of piperazine rings is 1. The lowest BCUT2D eigenvalue weighted by atomic mass is 10.2. The third-order valence-corrected chi connectivity index (χ3v) is 7.00. The molecule has 160 valence electrons. The Labute approximate surface area is 173 Å². The van der Waals surface area contributed by atoms with Gasteiger partial charge in [-0.2, -0.15) is 9.40 Å². The number of rotatable bonds is 4. The molecule has 2 aromatic heterocycles. The molecule has 0 unspecified atom stereocenters. The van der Waals surface area contributed by atoms with E-state index in [1.165, 1.54) is 22.6 Å². The normalized spacial score (nSPS) is 18.4. The zero-order valence-corrected chi connectivity index (χ0v) is 17.0. The van der Waals surface area contributed by atoms with Crippen LogP contribution in [0.5, 0.6) is 0 Å². The molecule has 2 aliphatic heterocycles. The number of H-pyrrole nitrogens is 1. The number of amides is 1. The van der Waals surface area contributed by atoms with Crippen molar-refractivity contribution in [3.05, 3.63) is 46.5 Å². The van der Waals surface area contributed by atoms with Crippen LogP contribution in [-0.2, 0) is 14.8 Å². The number of anilines is 1. The average Bonchev–Trinajstić information content (AvgIpc) is 2.80. The molecule has 0 saturated carbocycles. The molecule has 0 aromatic carbocycles. The van der Waals surface area contributed by atoms with Crippen LogP contribution in [0.15, 0.2) is 40.2 Å². The largest absolute Gasteiger partial charge is 0.379 e. The number of hydrogen-bond acceptors (Lipinski definition) is 8. The van der Waals surface area contributed by atoms with Gasteiger partial charge in [0.1, 0.15) is 16.4 Å². The van der Waals surface area contributed by atoms with E-state index in [2.05, 4.69) is 15.2 Å². The van der Waals surface area contributed by atoms with Gasteiger partial charge in [0.05, 0.1) is 13.2 Å². The van der Waals surface area contributed by atoms with Gasteiger partial charge in [-0.25, -0.2) is 18.5 Å². The molecule has 0 aliphatic carbocycles. The van der Waals surface area contributed by atoms with E-state index in [4.69, 9.17) is 4.74 Å². The van der Waals surface area contributed by atoms with Crippen LogP contribution in [0.3, 0.4) is 0 Å². The smallest absolute Gasteiger partial charge is 0.274 e. The maximum atomic E-state index is 12.7. The van der Waals surface area contributed by atoms with Gasteiger partial charge in [-0.15, -0.1) is 0 Å². The Balaban J connectivity index is 1.38. The SMILES string of the molecule is O=C(c1ccc(=O)[nH]n1)N1CCN(c2ccc(S(=O)(=O)N3CCOCC3)cn2)CC1. The first-order valence-corrected chi connectivity index (χ1v) is 11.0. The predicted octanol–water partition coefficient (Wildman–Crippen LogP) is -0.852. The molecule has 2 aliphatic rings. The fourth-order valence-electron chi connectivity index (χ4n) is 3.41. The van der Waals surface area contributed by atoms with Crippen molar-refractivity contribution in [1.29, 1.82) is 0 Å². The lowest BCUT2D eigenvalue weighted by Gasteiger charge is -2.35. The Morgan fingerprint density at radius 1 is 1.00 bits per heavy atom. The molecule has 30 heavy (non-hydrogen) atoms. The number of sulfonamides is 1. The standard InChI is InChI=1S/C18H22N6O5S/c25-17-4-2-15(20-21-17)18(26)23-7-5-22(6-8-23)16-3-1-14(13-19-16)30(27,28)24-9-11-29-12-10-24/h1-4,13H,5-12H2,(H,21,25). The molecule has 1 N–H and O–H groups in total. The molecule has 0 spiro atoms. The van der Waals surface area contributed by atoms with E-state index in [1.807, 2.05) is 4.90 Å². The highest BCUT2D eigenvalue weighted by Gasteiger charge is 2.28. The molecule has 2 aromatic rings. The molecule has 0 atom stereocenters. The van der Waals surface area contributed by atoms with Crippen molar-refractivity contribution in [3.8, 4) is 0 Å².